The van der Waals surface area contributed by atoms with Crippen LogP contribution in [-0.2, 0) is 21.2 Å². The van der Waals surface area contributed by atoms with Crippen LogP contribution in [0.15, 0.2) is 42.5 Å². The van der Waals surface area contributed by atoms with Gasteiger partial charge >= 0.3 is 0 Å². The summed E-state index contributed by atoms with van der Waals surface area (Å²) in [5.41, 5.74) is 4.34. The molecule has 2 aromatic rings. The molecule has 0 saturated heterocycles. The molecular formula is C20H26N2O3S. The number of hydrogen-bond acceptors (Lipinski definition) is 3. The van der Waals surface area contributed by atoms with Gasteiger partial charge in [0.1, 0.15) is 6.04 Å². The average molecular weight is 375 g/mol. The van der Waals surface area contributed by atoms with Crippen molar-refractivity contribution in [1.82, 2.24) is 0 Å². The highest BCUT2D eigenvalue weighted by Gasteiger charge is 2.29. The summed E-state index contributed by atoms with van der Waals surface area (Å²) in [5.74, 6) is -0.377. The number of benzene rings is 2. The third kappa shape index (κ3) is 4.64. The van der Waals surface area contributed by atoms with E-state index in [2.05, 4.69) is 12.2 Å². The maximum absolute atomic E-state index is 12.7. The van der Waals surface area contributed by atoms with Crippen molar-refractivity contribution in [3.8, 4) is 0 Å². The van der Waals surface area contributed by atoms with Crippen molar-refractivity contribution in [2.75, 3.05) is 15.9 Å². The highest BCUT2D eigenvalue weighted by Crippen LogP contribution is 2.24. The quantitative estimate of drug-likeness (QED) is 0.839. The lowest BCUT2D eigenvalue weighted by atomic mass is 10.1. The van der Waals surface area contributed by atoms with Crippen molar-refractivity contribution in [3.63, 3.8) is 0 Å². The van der Waals surface area contributed by atoms with Gasteiger partial charge in [-0.1, -0.05) is 25.1 Å². The van der Waals surface area contributed by atoms with Gasteiger partial charge in [-0.05, 0) is 68.1 Å². The smallest absolute Gasteiger partial charge is 0.247 e. The van der Waals surface area contributed by atoms with E-state index in [0.29, 0.717) is 11.4 Å². The van der Waals surface area contributed by atoms with Gasteiger partial charge in [-0.3, -0.25) is 9.10 Å². The molecule has 1 atom stereocenters. The number of nitrogens with zero attached hydrogens (tertiary/aromatic N) is 1. The average Bonchev–Trinajstić information content (AvgIpc) is 2.57. The molecular weight excluding hydrogens is 348 g/mol. The molecule has 1 N–H and O–H groups in total. The van der Waals surface area contributed by atoms with Gasteiger partial charge in [0.25, 0.3) is 0 Å². The van der Waals surface area contributed by atoms with Crippen LogP contribution >= 0.6 is 0 Å². The van der Waals surface area contributed by atoms with Crippen molar-refractivity contribution in [1.29, 1.82) is 0 Å². The molecule has 0 saturated carbocycles. The maximum Gasteiger partial charge on any atom is 0.247 e. The predicted octanol–water partition coefficient (Wildman–Crippen LogP) is 3.66. The number of carbonyl (C=O) groups excluding carboxylic acids is 1. The van der Waals surface area contributed by atoms with Crippen LogP contribution in [0.4, 0.5) is 11.4 Å². The van der Waals surface area contributed by atoms with E-state index < -0.39 is 16.1 Å². The third-order valence-electron chi connectivity index (χ3n) is 4.46. The van der Waals surface area contributed by atoms with Crippen molar-refractivity contribution in [2.24, 2.45) is 0 Å². The Labute approximate surface area is 156 Å². The second-order valence-corrected chi connectivity index (χ2v) is 8.40. The first-order valence-electron chi connectivity index (χ1n) is 8.60. The van der Waals surface area contributed by atoms with Crippen LogP contribution in [0, 0.1) is 13.8 Å². The number of anilines is 2. The first-order valence-corrected chi connectivity index (χ1v) is 10.4. The fourth-order valence-electron chi connectivity index (χ4n) is 2.74. The Kier molecular flexibility index (Phi) is 6.08. The van der Waals surface area contributed by atoms with Gasteiger partial charge in [-0.15, -0.1) is 0 Å². The maximum atomic E-state index is 12.7. The Bertz CT molecular complexity index is 890. The molecule has 5 nitrogen and oxygen atoms in total. The normalized spacial score (nSPS) is 12.5. The van der Waals surface area contributed by atoms with E-state index in [0.717, 1.165) is 28.1 Å². The minimum atomic E-state index is -3.62. The summed E-state index contributed by atoms with van der Waals surface area (Å²) in [6.07, 6.45) is 2.03. The number of carbonyl (C=O) groups is 1. The fourth-order valence-corrected chi connectivity index (χ4v) is 3.91. The zero-order chi connectivity index (χ0) is 19.5. The first kappa shape index (κ1) is 20.0. The molecule has 0 aromatic heterocycles. The SMILES string of the molecule is CCc1ccc(NC(=O)[C@@H](C)N(c2ccc(C)c(C)c2)S(C)(=O)=O)cc1. The van der Waals surface area contributed by atoms with E-state index in [9.17, 15) is 13.2 Å². The van der Waals surface area contributed by atoms with E-state index in [-0.39, 0.29) is 5.91 Å². The molecule has 0 fully saturated rings. The Hall–Kier alpha value is -2.34. The largest absolute Gasteiger partial charge is 0.324 e. The van der Waals surface area contributed by atoms with Gasteiger partial charge in [0.05, 0.1) is 11.9 Å². The molecule has 140 valence electrons. The summed E-state index contributed by atoms with van der Waals surface area (Å²) in [6.45, 7) is 7.52. The highest BCUT2D eigenvalue weighted by atomic mass is 32.2. The summed E-state index contributed by atoms with van der Waals surface area (Å²) < 4.78 is 25.9. The van der Waals surface area contributed by atoms with Gasteiger partial charge in [-0.25, -0.2) is 8.42 Å². The van der Waals surface area contributed by atoms with E-state index in [1.165, 1.54) is 5.56 Å². The summed E-state index contributed by atoms with van der Waals surface area (Å²) in [7, 11) is -3.62. The van der Waals surface area contributed by atoms with Gasteiger partial charge in [0.2, 0.25) is 15.9 Å². The molecule has 2 aromatic carbocycles. The van der Waals surface area contributed by atoms with Gasteiger partial charge in [-0.2, -0.15) is 0 Å². The van der Waals surface area contributed by atoms with Crippen LogP contribution in [0.3, 0.4) is 0 Å². The minimum Gasteiger partial charge on any atom is -0.324 e. The molecule has 0 aliphatic heterocycles. The van der Waals surface area contributed by atoms with Crippen molar-refractivity contribution < 1.29 is 13.2 Å². The molecule has 0 bridgehead atoms. The van der Waals surface area contributed by atoms with E-state index >= 15 is 0 Å². The third-order valence-corrected chi connectivity index (χ3v) is 5.70. The Morgan fingerprint density at radius 2 is 1.69 bits per heavy atom. The van der Waals surface area contributed by atoms with Crippen molar-refractivity contribution >= 4 is 27.3 Å². The molecule has 0 heterocycles. The number of rotatable bonds is 6. The zero-order valence-corrected chi connectivity index (χ0v) is 16.7. The molecule has 0 spiro atoms. The Morgan fingerprint density at radius 3 is 2.19 bits per heavy atom. The first-order chi connectivity index (χ1) is 12.1. The summed E-state index contributed by atoms with van der Waals surface area (Å²) in [5, 5.41) is 2.80. The van der Waals surface area contributed by atoms with Crippen LogP contribution < -0.4 is 9.62 Å². The standard InChI is InChI=1S/C20H26N2O3S/c1-6-17-8-10-18(11-9-17)21-20(23)16(4)22(26(5,24)25)19-12-7-14(2)15(3)13-19/h7-13,16H,6H2,1-5H3,(H,21,23)/t16-/m1/s1. The molecule has 26 heavy (non-hydrogen) atoms. The number of sulfonamides is 1. The van der Waals surface area contributed by atoms with Crippen molar-refractivity contribution in [3.05, 3.63) is 59.2 Å². The number of aryl methyl sites for hydroxylation is 3. The fraction of sp³-hybridized carbons (Fsp3) is 0.350. The van der Waals surface area contributed by atoms with Crippen LogP contribution in [0.5, 0.6) is 0 Å². The van der Waals surface area contributed by atoms with E-state index in [4.69, 9.17) is 0 Å². The lowest BCUT2D eigenvalue weighted by Gasteiger charge is -2.28. The summed E-state index contributed by atoms with van der Waals surface area (Å²) in [4.78, 5) is 12.7. The Morgan fingerprint density at radius 1 is 1.08 bits per heavy atom. The molecule has 0 unspecified atom stereocenters. The molecule has 1 amide bonds. The molecule has 2 rings (SSSR count). The molecule has 0 aliphatic carbocycles. The lowest BCUT2D eigenvalue weighted by molar-refractivity contribution is -0.116. The zero-order valence-electron chi connectivity index (χ0n) is 15.9. The predicted molar refractivity (Wildman–Crippen MR) is 107 cm³/mol. The molecule has 0 aliphatic rings. The second-order valence-electron chi connectivity index (χ2n) is 6.54. The van der Waals surface area contributed by atoms with Crippen LogP contribution in [0.1, 0.15) is 30.5 Å². The summed E-state index contributed by atoms with van der Waals surface area (Å²) >= 11 is 0. The molecule has 0 radical (unpaired) electrons. The number of nitrogens with one attached hydrogen (secondary N) is 1. The van der Waals surface area contributed by atoms with Gasteiger partial charge < -0.3 is 5.32 Å². The van der Waals surface area contributed by atoms with Crippen LogP contribution in [0.2, 0.25) is 0 Å². The highest BCUT2D eigenvalue weighted by molar-refractivity contribution is 7.92. The van der Waals surface area contributed by atoms with Crippen molar-refractivity contribution in [2.45, 2.75) is 40.2 Å². The van der Waals surface area contributed by atoms with Crippen LogP contribution in [0.25, 0.3) is 0 Å². The van der Waals surface area contributed by atoms with E-state index in [1.54, 1.807) is 19.1 Å². The minimum absolute atomic E-state index is 0.377. The second kappa shape index (κ2) is 7.91. The Balaban J connectivity index is 2.29. The lowest BCUT2D eigenvalue weighted by Crippen LogP contribution is -2.45. The topological polar surface area (TPSA) is 66.5 Å². The van der Waals surface area contributed by atoms with Crippen LogP contribution in [-0.4, -0.2) is 26.6 Å². The number of hydrogen-bond donors (Lipinski definition) is 1. The monoisotopic (exact) mass is 374 g/mol. The van der Waals surface area contributed by atoms with E-state index in [1.807, 2.05) is 44.2 Å². The number of amides is 1. The molecule has 6 heteroatoms. The van der Waals surface area contributed by atoms with Gasteiger partial charge in [0.15, 0.2) is 0 Å². The summed E-state index contributed by atoms with van der Waals surface area (Å²) in [6, 6.07) is 12.0. The van der Waals surface area contributed by atoms with Gasteiger partial charge in [0, 0.05) is 5.69 Å².